The maximum Gasteiger partial charge on any atom is 0.124 e. The molecule has 29 heavy (non-hydrogen) atoms. The highest BCUT2D eigenvalue weighted by Crippen LogP contribution is 2.34. The Morgan fingerprint density at radius 1 is 1.34 bits per heavy atom. The lowest BCUT2D eigenvalue weighted by molar-refractivity contribution is 0.582. The molecule has 152 valence electrons. The summed E-state index contributed by atoms with van der Waals surface area (Å²) in [6.07, 6.45) is 8.81. The highest BCUT2D eigenvalue weighted by molar-refractivity contribution is 7.94. The SMILES string of the molecule is Cc1cncc2c1c(C[C@H]1CCNC1)cn2-c1ccc(F)cc1S1(=O)=NCCC1. The Morgan fingerprint density at radius 2 is 2.24 bits per heavy atom. The van der Waals surface area contributed by atoms with E-state index in [2.05, 4.69) is 27.8 Å². The van der Waals surface area contributed by atoms with E-state index >= 15 is 0 Å². The fourth-order valence-corrected chi connectivity index (χ4v) is 6.88. The lowest BCUT2D eigenvalue weighted by Crippen LogP contribution is -2.10. The quantitative estimate of drug-likeness (QED) is 0.708. The van der Waals surface area contributed by atoms with Crippen LogP contribution < -0.4 is 5.32 Å². The minimum Gasteiger partial charge on any atom is -0.316 e. The smallest absolute Gasteiger partial charge is 0.124 e. The lowest BCUT2D eigenvalue weighted by atomic mass is 9.97. The fraction of sp³-hybridized carbons (Fsp3) is 0.409. The number of hydrogen-bond donors (Lipinski definition) is 1. The van der Waals surface area contributed by atoms with E-state index in [4.69, 9.17) is 0 Å². The van der Waals surface area contributed by atoms with Gasteiger partial charge in [-0.25, -0.2) is 13.0 Å². The number of nitrogens with zero attached hydrogens (tertiary/aromatic N) is 3. The molecule has 1 unspecified atom stereocenters. The first-order chi connectivity index (χ1) is 14.0. The molecule has 0 radical (unpaired) electrons. The summed E-state index contributed by atoms with van der Waals surface area (Å²) in [6, 6.07) is 4.57. The first kappa shape index (κ1) is 18.8. The molecule has 0 aliphatic carbocycles. The van der Waals surface area contributed by atoms with Gasteiger partial charge in [0, 0.05) is 30.1 Å². The zero-order valence-electron chi connectivity index (χ0n) is 16.5. The van der Waals surface area contributed by atoms with Crippen LogP contribution in [0.15, 0.2) is 46.0 Å². The second-order valence-electron chi connectivity index (χ2n) is 8.10. The number of fused-ring (bicyclic) bond motifs is 1. The standard InChI is InChI=1S/C22H25FN4OS/c1-15-11-25-13-20-22(15)17(9-16-5-7-24-12-16)14-27(20)19-4-3-18(23)10-21(19)29(28)8-2-6-26-29/h3-4,10-11,13-14,16,24H,2,5-9,12H2,1H3/t16-,29?/m1/s1. The maximum absolute atomic E-state index is 14.1. The molecule has 3 aromatic rings. The number of benzene rings is 1. The first-order valence-corrected chi connectivity index (χ1v) is 11.9. The molecule has 5 nitrogen and oxygen atoms in total. The Balaban J connectivity index is 1.72. The normalized spacial score (nSPS) is 24.3. The Hall–Kier alpha value is -2.25. The van der Waals surface area contributed by atoms with Gasteiger partial charge in [-0.2, -0.15) is 0 Å². The number of nitrogens with one attached hydrogen (secondary N) is 1. The first-order valence-electron chi connectivity index (χ1n) is 10.2. The van der Waals surface area contributed by atoms with Crippen molar-refractivity contribution in [3.8, 4) is 5.69 Å². The van der Waals surface area contributed by atoms with Gasteiger partial charge < -0.3 is 9.88 Å². The van der Waals surface area contributed by atoms with Gasteiger partial charge in [-0.15, -0.1) is 0 Å². The van der Waals surface area contributed by atoms with Crippen molar-refractivity contribution in [3.63, 3.8) is 0 Å². The van der Waals surface area contributed by atoms with E-state index in [1.807, 2.05) is 17.0 Å². The monoisotopic (exact) mass is 412 g/mol. The molecule has 2 aliphatic heterocycles. The van der Waals surface area contributed by atoms with Crippen LogP contribution in [0.2, 0.25) is 0 Å². The molecule has 4 heterocycles. The number of aromatic nitrogens is 2. The third-order valence-corrected chi connectivity index (χ3v) is 8.51. The third kappa shape index (κ3) is 3.26. The molecular weight excluding hydrogens is 387 g/mol. The van der Waals surface area contributed by atoms with Crippen molar-refractivity contribution in [2.24, 2.45) is 10.3 Å². The van der Waals surface area contributed by atoms with Crippen LogP contribution in [0.4, 0.5) is 4.39 Å². The maximum atomic E-state index is 14.1. The van der Waals surface area contributed by atoms with Gasteiger partial charge in [0.2, 0.25) is 0 Å². The van der Waals surface area contributed by atoms with Gasteiger partial charge in [-0.1, -0.05) is 0 Å². The summed E-state index contributed by atoms with van der Waals surface area (Å²) >= 11 is 0. The topological polar surface area (TPSA) is 59.3 Å². The van der Waals surface area contributed by atoms with E-state index in [0.29, 0.717) is 23.1 Å². The number of aryl methyl sites for hydroxylation is 1. The van der Waals surface area contributed by atoms with Crippen LogP contribution in [0.25, 0.3) is 16.6 Å². The van der Waals surface area contributed by atoms with Crippen molar-refractivity contribution in [3.05, 3.63) is 53.7 Å². The van der Waals surface area contributed by atoms with Gasteiger partial charge in [0.15, 0.2) is 0 Å². The van der Waals surface area contributed by atoms with Gasteiger partial charge in [0.05, 0.1) is 32.0 Å². The van der Waals surface area contributed by atoms with Gasteiger partial charge in [0.25, 0.3) is 0 Å². The van der Waals surface area contributed by atoms with Crippen LogP contribution >= 0.6 is 0 Å². The largest absolute Gasteiger partial charge is 0.316 e. The number of pyridine rings is 1. The molecule has 1 aromatic carbocycles. The van der Waals surface area contributed by atoms with Gasteiger partial charge in [-0.3, -0.25) is 4.98 Å². The summed E-state index contributed by atoms with van der Waals surface area (Å²) in [6.45, 7) is 4.75. The van der Waals surface area contributed by atoms with E-state index in [9.17, 15) is 8.60 Å². The molecule has 0 amide bonds. The zero-order chi connectivity index (χ0) is 20.0. The van der Waals surface area contributed by atoms with Crippen LogP contribution in [0.5, 0.6) is 0 Å². The van der Waals surface area contributed by atoms with E-state index in [0.717, 1.165) is 42.7 Å². The molecule has 0 bridgehead atoms. The van der Waals surface area contributed by atoms with Crippen LogP contribution in [-0.2, 0) is 16.1 Å². The highest BCUT2D eigenvalue weighted by atomic mass is 32.2. The average molecular weight is 413 g/mol. The van der Waals surface area contributed by atoms with Gasteiger partial charge in [0.1, 0.15) is 5.82 Å². The number of halogens is 1. The minimum absolute atomic E-state index is 0.378. The molecule has 2 aromatic heterocycles. The highest BCUT2D eigenvalue weighted by Gasteiger charge is 2.25. The summed E-state index contributed by atoms with van der Waals surface area (Å²) in [5.41, 5.74) is 4.11. The zero-order valence-corrected chi connectivity index (χ0v) is 17.3. The van der Waals surface area contributed by atoms with E-state index < -0.39 is 9.73 Å². The van der Waals surface area contributed by atoms with E-state index in [-0.39, 0.29) is 5.82 Å². The molecule has 0 spiro atoms. The molecule has 0 saturated carbocycles. The van der Waals surface area contributed by atoms with Gasteiger partial charge >= 0.3 is 0 Å². The second-order valence-corrected chi connectivity index (χ2v) is 10.5. The molecule has 2 atom stereocenters. The molecule has 1 saturated heterocycles. The van der Waals surface area contributed by atoms with Crippen molar-refractivity contribution in [2.45, 2.75) is 31.1 Å². The molecule has 1 N–H and O–H groups in total. The van der Waals surface area contributed by atoms with Crippen molar-refractivity contribution in [1.82, 2.24) is 14.9 Å². The van der Waals surface area contributed by atoms with Crippen molar-refractivity contribution < 1.29 is 8.60 Å². The van der Waals surface area contributed by atoms with Crippen molar-refractivity contribution in [2.75, 3.05) is 25.4 Å². The summed E-state index contributed by atoms with van der Waals surface area (Å²) in [7, 11) is -2.59. The van der Waals surface area contributed by atoms with Crippen LogP contribution in [-0.4, -0.2) is 39.1 Å². The lowest BCUT2D eigenvalue weighted by Gasteiger charge is -2.14. The van der Waals surface area contributed by atoms with Crippen LogP contribution in [0.1, 0.15) is 24.0 Å². The fourth-order valence-electron chi connectivity index (χ4n) is 4.65. The van der Waals surface area contributed by atoms with Crippen molar-refractivity contribution in [1.29, 1.82) is 0 Å². The van der Waals surface area contributed by atoms with Gasteiger partial charge in [-0.05, 0) is 74.5 Å². The van der Waals surface area contributed by atoms with Crippen LogP contribution in [0, 0.1) is 18.7 Å². The number of rotatable bonds is 4. The predicted molar refractivity (Wildman–Crippen MR) is 114 cm³/mol. The molecule has 5 rings (SSSR count). The molecule has 1 fully saturated rings. The average Bonchev–Trinajstić information content (AvgIpc) is 3.44. The summed E-state index contributed by atoms with van der Waals surface area (Å²) in [5.74, 6) is 0.716. The summed E-state index contributed by atoms with van der Waals surface area (Å²) in [5, 5.41) is 4.63. The summed E-state index contributed by atoms with van der Waals surface area (Å²) < 4.78 is 34.0. The van der Waals surface area contributed by atoms with Crippen molar-refractivity contribution >= 4 is 20.6 Å². The molecule has 7 heteroatoms. The van der Waals surface area contributed by atoms with E-state index in [1.54, 1.807) is 6.07 Å². The predicted octanol–water partition coefficient (Wildman–Crippen LogP) is 3.86. The Kier molecular flexibility index (Phi) is 4.67. The second kappa shape index (κ2) is 7.22. The molecular formula is C22H25FN4OS. The Bertz CT molecular complexity index is 1200. The minimum atomic E-state index is -2.59. The molecule has 2 aliphatic rings. The Morgan fingerprint density at radius 3 is 3.00 bits per heavy atom. The number of hydrogen-bond acceptors (Lipinski definition) is 4. The third-order valence-electron chi connectivity index (χ3n) is 6.06. The Labute approximate surface area is 170 Å². The van der Waals surface area contributed by atoms with E-state index in [1.165, 1.54) is 29.5 Å². The van der Waals surface area contributed by atoms with Crippen LogP contribution in [0.3, 0.4) is 0 Å². The summed E-state index contributed by atoms with van der Waals surface area (Å²) in [4.78, 5) is 4.91.